The molecule has 5 heteroatoms. The second kappa shape index (κ2) is 7.19. The lowest BCUT2D eigenvalue weighted by atomic mass is 9.84. The molecule has 3 aromatic rings. The van der Waals surface area contributed by atoms with Crippen molar-refractivity contribution in [2.75, 3.05) is 19.6 Å². The van der Waals surface area contributed by atoms with Crippen molar-refractivity contribution >= 4 is 28.4 Å². The lowest BCUT2D eigenvalue weighted by molar-refractivity contribution is 0.0621. The summed E-state index contributed by atoms with van der Waals surface area (Å²) in [5, 5.41) is 4.89. The van der Waals surface area contributed by atoms with Gasteiger partial charge in [0.05, 0.1) is 16.8 Å². The maximum Gasteiger partial charge on any atom is 0.252 e. The number of piperidine rings is 3. The van der Waals surface area contributed by atoms with Crippen molar-refractivity contribution in [3.63, 3.8) is 0 Å². The van der Waals surface area contributed by atoms with Crippen molar-refractivity contribution < 1.29 is 4.79 Å². The van der Waals surface area contributed by atoms with E-state index in [0.29, 0.717) is 16.5 Å². The van der Waals surface area contributed by atoms with Crippen LogP contribution in [0.4, 0.5) is 0 Å². The number of pyridine rings is 1. The maximum atomic E-state index is 13.3. The number of hydrogen-bond acceptors (Lipinski definition) is 3. The summed E-state index contributed by atoms with van der Waals surface area (Å²) >= 11 is 6.03. The highest BCUT2D eigenvalue weighted by Crippen LogP contribution is 2.29. The van der Waals surface area contributed by atoms with Gasteiger partial charge >= 0.3 is 0 Å². The molecule has 1 N–H and O–H groups in total. The van der Waals surface area contributed by atoms with Gasteiger partial charge in [-0.3, -0.25) is 4.79 Å². The second-order valence-corrected chi connectivity index (χ2v) is 8.23. The van der Waals surface area contributed by atoms with Gasteiger partial charge in [-0.2, -0.15) is 0 Å². The number of halogens is 1. The number of hydrogen-bond donors (Lipinski definition) is 1. The van der Waals surface area contributed by atoms with E-state index in [9.17, 15) is 4.79 Å². The third-order valence-electron chi connectivity index (χ3n) is 6.07. The van der Waals surface area contributed by atoms with Crippen LogP contribution >= 0.6 is 11.6 Å². The Morgan fingerprint density at radius 3 is 2.54 bits per heavy atom. The van der Waals surface area contributed by atoms with E-state index in [0.717, 1.165) is 41.8 Å². The van der Waals surface area contributed by atoms with Crippen molar-refractivity contribution in [1.29, 1.82) is 0 Å². The normalized spacial score (nSPS) is 23.7. The quantitative estimate of drug-likeness (QED) is 0.720. The molecule has 2 bridgehead atoms. The van der Waals surface area contributed by atoms with Gasteiger partial charge in [-0.15, -0.1) is 0 Å². The monoisotopic (exact) mass is 391 g/mol. The van der Waals surface area contributed by atoms with E-state index in [-0.39, 0.29) is 11.9 Å². The Morgan fingerprint density at radius 1 is 1.07 bits per heavy atom. The van der Waals surface area contributed by atoms with Crippen LogP contribution in [0.5, 0.6) is 0 Å². The van der Waals surface area contributed by atoms with Crippen molar-refractivity contribution in [3.05, 3.63) is 65.2 Å². The smallest absolute Gasteiger partial charge is 0.252 e. The summed E-state index contributed by atoms with van der Waals surface area (Å²) in [5.41, 5.74) is 3.25. The van der Waals surface area contributed by atoms with Crippen molar-refractivity contribution in [2.24, 2.45) is 5.92 Å². The Hall–Kier alpha value is -2.43. The van der Waals surface area contributed by atoms with Crippen molar-refractivity contribution in [1.82, 2.24) is 15.2 Å². The number of benzene rings is 2. The van der Waals surface area contributed by atoms with Gasteiger partial charge in [0, 0.05) is 28.6 Å². The molecule has 3 aliphatic heterocycles. The van der Waals surface area contributed by atoms with E-state index in [4.69, 9.17) is 16.6 Å². The molecule has 4 nitrogen and oxygen atoms in total. The minimum atomic E-state index is -0.00689. The van der Waals surface area contributed by atoms with Crippen LogP contribution in [0.2, 0.25) is 5.02 Å². The summed E-state index contributed by atoms with van der Waals surface area (Å²) in [4.78, 5) is 20.5. The largest absolute Gasteiger partial charge is 0.348 e. The average molecular weight is 392 g/mol. The molecule has 0 saturated carbocycles. The fourth-order valence-corrected chi connectivity index (χ4v) is 4.63. The Balaban J connectivity index is 1.52. The zero-order valence-corrected chi connectivity index (χ0v) is 16.3. The highest BCUT2D eigenvalue weighted by atomic mass is 35.5. The Kier molecular flexibility index (Phi) is 4.53. The lowest BCUT2D eigenvalue weighted by Crippen LogP contribution is -2.57. The van der Waals surface area contributed by atoms with E-state index in [1.165, 1.54) is 12.8 Å². The van der Waals surface area contributed by atoms with Crippen LogP contribution in [0, 0.1) is 5.92 Å². The molecule has 3 aliphatic rings. The highest BCUT2D eigenvalue weighted by Gasteiger charge is 2.35. The second-order valence-electron chi connectivity index (χ2n) is 7.80. The van der Waals surface area contributed by atoms with Gasteiger partial charge in [0.25, 0.3) is 5.91 Å². The number of rotatable bonds is 3. The number of carbonyl (C=O) groups is 1. The molecule has 0 aliphatic carbocycles. The number of amides is 1. The first-order valence-electron chi connectivity index (χ1n) is 9.86. The van der Waals surface area contributed by atoms with E-state index in [1.807, 2.05) is 54.6 Å². The predicted molar refractivity (Wildman–Crippen MR) is 113 cm³/mol. The molecule has 0 spiro atoms. The molecule has 6 rings (SSSR count). The summed E-state index contributed by atoms with van der Waals surface area (Å²) in [7, 11) is 0. The molecule has 1 aromatic heterocycles. The van der Waals surface area contributed by atoms with Crippen LogP contribution in [0.25, 0.3) is 22.2 Å². The van der Waals surface area contributed by atoms with Crippen molar-refractivity contribution in [3.8, 4) is 11.3 Å². The van der Waals surface area contributed by atoms with Crippen LogP contribution in [0.1, 0.15) is 23.2 Å². The molecular weight excluding hydrogens is 370 g/mol. The Morgan fingerprint density at radius 2 is 1.82 bits per heavy atom. The van der Waals surface area contributed by atoms with Crippen LogP contribution in [-0.4, -0.2) is 41.5 Å². The van der Waals surface area contributed by atoms with Crippen LogP contribution in [-0.2, 0) is 0 Å². The molecule has 0 radical (unpaired) electrons. The van der Waals surface area contributed by atoms with E-state index >= 15 is 0 Å². The molecule has 3 saturated heterocycles. The van der Waals surface area contributed by atoms with Gasteiger partial charge in [0.15, 0.2) is 0 Å². The standard InChI is InChI=1S/C23H22ClN3O/c24-17-7-5-15(6-8-17)21-13-19(18-3-1-2-4-20(18)25-21)23(28)26-22-14-27-11-9-16(22)10-12-27/h1-8,13,16,22H,9-12,14H2,(H,26,28). The molecule has 1 amide bonds. The number of aromatic nitrogens is 1. The number of carbonyl (C=O) groups excluding carboxylic acids is 1. The Bertz CT molecular complexity index is 1030. The number of nitrogens with zero attached hydrogens (tertiary/aromatic N) is 2. The molecule has 1 atom stereocenters. The van der Waals surface area contributed by atoms with E-state index in [2.05, 4.69) is 10.2 Å². The van der Waals surface area contributed by atoms with Gasteiger partial charge in [0.1, 0.15) is 0 Å². The van der Waals surface area contributed by atoms with Crippen LogP contribution in [0.15, 0.2) is 54.6 Å². The third kappa shape index (κ3) is 3.27. The molecular formula is C23H22ClN3O. The van der Waals surface area contributed by atoms with E-state index in [1.54, 1.807) is 0 Å². The van der Waals surface area contributed by atoms with Crippen molar-refractivity contribution in [2.45, 2.75) is 18.9 Å². The molecule has 1 unspecified atom stereocenters. The highest BCUT2D eigenvalue weighted by molar-refractivity contribution is 6.30. The van der Waals surface area contributed by atoms with Gasteiger partial charge in [-0.1, -0.05) is 41.9 Å². The fraction of sp³-hybridized carbons (Fsp3) is 0.304. The number of nitrogens with one attached hydrogen (secondary N) is 1. The lowest BCUT2D eigenvalue weighted by Gasteiger charge is -2.44. The minimum absolute atomic E-state index is 0.00689. The zero-order chi connectivity index (χ0) is 19.1. The summed E-state index contributed by atoms with van der Waals surface area (Å²) < 4.78 is 0. The van der Waals surface area contributed by atoms with Crippen LogP contribution in [0.3, 0.4) is 0 Å². The first kappa shape index (κ1) is 17.7. The maximum absolute atomic E-state index is 13.3. The summed E-state index contributed by atoms with van der Waals surface area (Å²) in [5.74, 6) is 0.588. The predicted octanol–water partition coefficient (Wildman–Crippen LogP) is 4.38. The topological polar surface area (TPSA) is 45.2 Å². The third-order valence-corrected chi connectivity index (χ3v) is 6.33. The number of para-hydroxylation sites is 1. The van der Waals surface area contributed by atoms with Gasteiger partial charge < -0.3 is 10.2 Å². The molecule has 3 fully saturated rings. The molecule has 4 heterocycles. The van der Waals surface area contributed by atoms with E-state index < -0.39 is 0 Å². The average Bonchev–Trinajstić information content (AvgIpc) is 2.74. The Labute approximate surface area is 169 Å². The summed E-state index contributed by atoms with van der Waals surface area (Å²) in [6.45, 7) is 3.29. The SMILES string of the molecule is O=C(NC1CN2CCC1CC2)c1cc(-c2ccc(Cl)cc2)nc2ccccc12. The first-order valence-corrected chi connectivity index (χ1v) is 10.2. The zero-order valence-electron chi connectivity index (χ0n) is 15.6. The summed E-state index contributed by atoms with van der Waals surface area (Å²) in [6.07, 6.45) is 2.36. The van der Waals surface area contributed by atoms with Crippen LogP contribution < -0.4 is 5.32 Å². The first-order chi connectivity index (χ1) is 13.7. The molecule has 2 aromatic carbocycles. The fourth-order valence-electron chi connectivity index (χ4n) is 4.51. The van der Waals surface area contributed by atoms with Gasteiger partial charge in [-0.25, -0.2) is 4.98 Å². The minimum Gasteiger partial charge on any atom is -0.348 e. The van der Waals surface area contributed by atoms with Gasteiger partial charge in [-0.05, 0) is 56.1 Å². The molecule has 142 valence electrons. The number of fused-ring (bicyclic) bond motifs is 4. The molecule has 28 heavy (non-hydrogen) atoms. The summed E-state index contributed by atoms with van der Waals surface area (Å²) in [6, 6.07) is 17.6. The van der Waals surface area contributed by atoms with Gasteiger partial charge in [0.2, 0.25) is 0 Å².